The topological polar surface area (TPSA) is 62.4 Å². The quantitative estimate of drug-likeness (QED) is 0.618. The molecule has 1 fully saturated rings. The van der Waals surface area contributed by atoms with Gasteiger partial charge in [0.05, 0.1) is 11.7 Å². The van der Waals surface area contributed by atoms with Gasteiger partial charge in [0.1, 0.15) is 6.61 Å². The number of amides is 1. The molecule has 2 heterocycles. The van der Waals surface area contributed by atoms with Crippen LogP contribution in [0.3, 0.4) is 0 Å². The molecule has 2 aliphatic rings. The summed E-state index contributed by atoms with van der Waals surface area (Å²) in [6, 6.07) is 17.6. The average Bonchev–Trinajstić information content (AvgIpc) is 3.18. The summed E-state index contributed by atoms with van der Waals surface area (Å²) >= 11 is 0. The molecular formula is C25H26N2O3. The number of nitrogens with zero attached hydrogens (tertiary/aromatic N) is 1. The molecule has 0 unspecified atom stereocenters. The van der Waals surface area contributed by atoms with E-state index in [1.54, 1.807) is 0 Å². The molecule has 0 radical (unpaired) electrons. The van der Waals surface area contributed by atoms with E-state index in [-0.39, 0.29) is 29.9 Å². The molecule has 1 aromatic heterocycles. The largest absolute Gasteiger partial charge is 0.445 e. The molecule has 0 spiro atoms. The molecule has 30 heavy (non-hydrogen) atoms. The number of nitrogens with one attached hydrogen (secondary N) is 1. The zero-order valence-corrected chi connectivity index (χ0v) is 17.2. The van der Waals surface area contributed by atoms with Gasteiger partial charge in [0, 0.05) is 34.8 Å². The Morgan fingerprint density at radius 2 is 1.93 bits per heavy atom. The van der Waals surface area contributed by atoms with Gasteiger partial charge < -0.3 is 14.6 Å². The molecule has 2 aromatic carbocycles. The molecule has 0 bridgehead atoms. The third-order valence-corrected chi connectivity index (χ3v) is 6.92. The minimum Gasteiger partial charge on any atom is -0.445 e. The monoisotopic (exact) mass is 402 g/mol. The van der Waals surface area contributed by atoms with E-state index in [4.69, 9.17) is 4.74 Å². The van der Waals surface area contributed by atoms with Crippen molar-refractivity contribution in [1.29, 1.82) is 0 Å². The third-order valence-electron chi connectivity index (χ3n) is 6.92. The number of hydrogen-bond donors (Lipinski definition) is 1. The van der Waals surface area contributed by atoms with E-state index < -0.39 is 0 Å². The summed E-state index contributed by atoms with van der Waals surface area (Å²) in [6.07, 6.45) is 2.85. The Hall–Kier alpha value is -3.08. The van der Waals surface area contributed by atoms with Crippen molar-refractivity contribution >= 4 is 22.8 Å². The summed E-state index contributed by atoms with van der Waals surface area (Å²) in [7, 11) is 0. The van der Waals surface area contributed by atoms with Crippen LogP contribution in [0.25, 0.3) is 10.9 Å². The van der Waals surface area contributed by atoms with Crippen LogP contribution in [0.1, 0.15) is 60.3 Å². The molecule has 1 saturated heterocycles. The lowest BCUT2D eigenvalue weighted by Gasteiger charge is -2.51. The van der Waals surface area contributed by atoms with Crippen molar-refractivity contribution in [2.24, 2.45) is 5.41 Å². The second-order valence-electron chi connectivity index (χ2n) is 8.51. The van der Waals surface area contributed by atoms with E-state index in [0.717, 1.165) is 41.3 Å². The number of ketones is 1. The fourth-order valence-corrected chi connectivity index (χ4v) is 5.41. The number of ether oxygens (including phenoxy) is 1. The molecule has 5 heteroatoms. The summed E-state index contributed by atoms with van der Waals surface area (Å²) in [6.45, 7) is 3.04. The Balaban J connectivity index is 1.55. The van der Waals surface area contributed by atoms with Crippen LogP contribution in [0.5, 0.6) is 0 Å². The summed E-state index contributed by atoms with van der Waals surface area (Å²) in [5.41, 5.74) is 3.31. The van der Waals surface area contributed by atoms with Gasteiger partial charge in [-0.15, -0.1) is 0 Å². The minimum atomic E-state index is -0.299. The van der Waals surface area contributed by atoms with Gasteiger partial charge in [0.15, 0.2) is 5.78 Å². The number of hydrogen-bond acceptors (Lipinski definition) is 3. The predicted molar refractivity (Wildman–Crippen MR) is 115 cm³/mol. The zero-order chi connectivity index (χ0) is 20.7. The number of benzene rings is 2. The number of Topliss-reactive ketones (excluding diaryl/α,β-unsaturated/α-hetero) is 1. The van der Waals surface area contributed by atoms with Crippen LogP contribution in [0.4, 0.5) is 4.79 Å². The molecule has 1 aliphatic heterocycles. The van der Waals surface area contributed by atoms with Crippen LogP contribution in [0.2, 0.25) is 0 Å². The molecule has 2 atom stereocenters. The number of aromatic nitrogens is 1. The standard InChI is InChI=1S/C25H26N2O3/c1-2-25-13-8-14-27(24(29)30-16-17-9-4-3-5-10-17)23(25)21-18-11-6-7-12-19(18)26-22(21)20(28)15-25/h3-7,9-12,23,26H,2,8,13-16H2,1H3/t23-,25-/m1/s1. The highest BCUT2D eigenvalue weighted by Crippen LogP contribution is 2.56. The number of carbonyl (C=O) groups excluding carboxylic acids is 2. The number of para-hydroxylation sites is 1. The first kappa shape index (κ1) is 18.9. The molecule has 5 nitrogen and oxygen atoms in total. The van der Waals surface area contributed by atoms with Crippen LogP contribution in [0, 0.1) is 5.41 Å². The Bertz CT molecular complexity index is 1100. The molecule has 0 saturated carbocycles. The predicted octanol–water partition coefficient (Wildman–Crippen LogP) is 5.62. The highest BCUT2D eigenvalue weighted by Gasteiger charge is 2.52. The number of likely N-dealkylation sites (tertiary alicyclic amines) is 1. The fraction of sp³-hybridized carbons (Fsp3) is 0.360. The van der Waals surface area contributed by atoms with Gasteiger partial charge >= 0.3 is 6.09 Å². The maximum Gasteiger partial charge on any atom is 0.410 e. The molecule has 5 rings (SSSR count). The maximum absolute atomic E-state index is 13.2. The Kier molecular flexibility index (Phi) is 4.61. The van der Waals surface area contributed by atoms with E-state index in [9.17, 15) is 9.59 Å². The second kappa shape index (κ2) is 7.31. The van der Waals surface area contributed by atoms with Crippen molar-refractivity contribution in [2.45, 2.75) is 45.3 Å². The second-order valence-corrected chi connectivity index (χ2v) is 8.51. The molecule has 1 aliphatic carbocycles. The molecule has 1 amide bonds. The maximum atomic E-state index is 13.2. The van der Waals surface area contributed by atoms with Gasteiger partial charge in [-0.3, -0.25) is 4.79 Å². The van der Waals surface area contributed by atoms with Crippen molar-refractivity contribution in [3.8, 4) is 0 Å². The van der Waals surface area contributed by atoms with E-state index in [2.05, 4.69) is 11.9 Å². The average molecular weight is 402 g/mol. The smallest absolute Gasteiger partial charge is 0.410 e. The highest BCUT2D eigenvalue weighted by molar-refractivity contribution is 6.04. The molecular weight excluding hydrogens is 376 g/mol. The number of H-pyrrole nitrogens is 1. The SMILES string of the molecule is CC[C@]12CCCN(C(=O)OCc3ccccc3)[C@@H]1c1c([nH]c3ccccc13)C(=O)C2. The molecule has 3 aromatic rings. The first-order valence-corrected chi connectivity index (χ1v) is 10.7. The number of fused-ring (bicyclic) bond motifs is 5. The number of carbonyl (C=O) groups is 2. The number of piperidine rings is 1. The van der Waals surface area contributed by atoms with Gasteiger partial charge in [-0.1, -0.05) is 55.5 Å². The van der Waals surface area contributed by atoms with E-state index in [1.807, 2.05) is 59.5 Å². The van der Waals surface area contributed by atoms with Crippen LogP contribution in [-0.4, -0.2) is 28.3 Å². The van der Waals surface area contributed by atoms with Crippen LogP contribution in [0.15, 0.2) is 54.6 Å². The number of aromatic amines is 1. The van der Waals surface area contributed by atoms with E-state index in [1.165, 1.54) is 0 Å². The lowest BCUT2D eigenvalue weighted by Crippen LogP contribution is -2.51. The third kappa shape index (κ3) is 2.92. The van der Waals surface area contributed by atoms with Gasteiger partial charge in [-0.05, 0) is 30.9 Å². The van der Waals surface area contributed by atoms with Crippen molar-refractivity contribution in [1.82, 2.24) is 9.88 Å². The molecule has 1 N–H and O–H groups in total. The lowest BCUT2D eigenvalue weighted by atomic mass is 9.62. The van der Waals surface area contributed by atoms with E-state index >= 15 is 0 Å². The van der Waals surface area contributed by atoms with E-state index in [0.29, 0.717) is 18.7 Å². The fourth-order valence-electron chi connectivity index (χ4n) is 5.41. The van der Waals surface area contributed by atoms with Crippen LogP contribution >= 0.6 is 0 Å². The Labute approximate surface area is 176 Å². The van der Waals surface area contributed by atoms with Crippen molar-refractivity contribution in [2.75, 3.05) is 6.54 Å². The van der Waals surface area contributed by atoms with Gasteiger partial charge in [0.25, 0.3) is 0 Å². The van der Waals surface area contributed by atoms with Crippen LogP contribution in [-0.2, 0) is 11.3 Å². The summed E-state index contributed by atoms with van der Waals surface area (Å²) < 4.78 is 5.73. The lowest BCUT2D eigenvalue weighted by molar-refractivity contribution is -0.00690. The van der Waals surface area contributed by atoms with Gasteiger partial charge in [0.2, 0.25) is 0 Å². The van der Waals surface area contributed by atoms with Crippen molar-refractivity contribution < 1.29 is 14.3 Å². The number of rotatable bonds is 3. The van der Waals surface area contributed by atoms with Gasteiger partial charge in [-0.25, -0.2) is 4.79 Å². The summed E-state index contributed by atoms with van der Waals surface area (Å²) in [5, 5.41) is 1.03. The Morgan fingerprint density at radius 1 is 1.17 bits per heavy atom. The van der Waals surface area contributed by atoms with Crippen molar-refractivity contribution in [3.05, 3.63) is 71.4 Å². The van der Waals surface area contributed by atoms with Crippen molar-refractivity contribution in [3.63, 3.8) is 0 Å². The minimum absolute atomic E-state index is 0.150. The van der Waals surface area contributed by atoms with Gasteiger partial charge in [-0.2, -0.15) is 0 Å². The Morgan fingerprint density at radius 3 is 2.73 bits per heavy atom. The summed E-state index contributed by atoms with van der Waals surface area (Å²) in [4.78, 5) is 31.5. The first-order chi connectivity index (χ1) is 14.6. The van der Waals surface area contributed by atoms with Crippen LogP contribution < -0.4 is 0 Å². The summed E-state index contributed by atoms with van der Waals surface area (Å²) in [5.74, 6) is 0.152. The highest BCUT2D eigenvalue weighted by atomic mass is 16.6. The normalized spacial score (nSPS) is 23.2. The first-order valence-electron chi connectivity index (χ1n) is 10.7. The molecule has 154 valence electrons. The zero-order valence-electron chi connectivity index (χ0n) is 17.2.